The van der Waals surface area contributed by atoms with Crippen LogP contribution in [-0.2, 0) is 14.8 Å². The summed E-state index contributed by atoms with van der Waals surface area (Å²) in [6, 6.07) is 24.4. The van der Waals surface area contributed by atoms with Crippen molar-refractivity contribution in [2.75, 3.05) is 22.8 Å². The molecule has 0 heterocycles. The zero-order chi connectivity index (χ0) is 20.1. The van der Waals surface area contributed by atoms with Gasteiger partial charge in [-0.1, -0.05) is 54.6 Å². The Morgan fingerprint density at radius 3 is 1.96 bits per heavy atom. The average molecular weight is 394 g/mol. The van der Waals surface area contributed by atoms with Crippen LogP contribution in [0.4, 0.5) is 11.4 Å². The molecule has 0 aliphatic heterocycles. The van der Waals surface area contributed by atoms with Gasteiger partial charge in [-0.15, -0.1) is 0 Å². The molecule has 0 N–H and O–H groups in total. The summed E-state index contributed by atoms with van der Waals surface area (Å²) in [6.45, 7) is 1.53. The van der Waals surface area contributed by atoms with E-state index in [1.807, 2.05) is 49.4 Å². The third kappa shape index (κ3) is 4.07. The van der Waals surface area contributed by atoms with Gasteiger partial charge in [-0.05, 0) is 42.8 Å². The smallest absolute Gasteiger partial charge is 0.264 e. The number of carbonyl (C=O) groups is 1. The van der Waals surface area contributed by atoms with E-state index in [1.165, 1.54) is 21.3 Å². The molecule has 6 heteroatoms. The first kappa shape index (κ1) is 19.6. The first-order valence-corrected chi connectivity index (χ1v) is 10.3. The van der Waals surface area contributed by atoms with Crippen molar-refractivity contribution in [2.45, 2.75) is 11.8 Å². The van der Waals surface area contributed by atoms with E-state index in [1.54, 1.807) is 37.4 Å². The standard InChI is InChI=1S/C22H22N2O3S/c1-18-11-9-10-16-21(18)24(28(26,27)20-14-7-4-8-15-20)17-22(25)23(2)19-12-5-3-6-13-19/h3-16H,17H2,1-2H3. The van der Waals surface area contributed by atoms with Crippen LogP contribution in [0.5, 0.6) is 0 Å². The molecule has 5 nitrogen and oxygen atoms in total. The fourth-order valence-electron chi connectivity index (χ4n) is 2.89. The second kappa shape index (κ2) is 8.27. The van der Waals surface area contributed by atoms with E-state index in [-0.39, 0.29) is 17.3 Å². The zero-order valence-corrected chi connectivity index (χ0v) is 16.6. The highest BCUT2D eigenvalue weighted by Gasteiger charge is 2.29. The minimum atomic E-state index is -3.90. The Kier molecular flexibility index (Phi) is 5.80. The predicted octanol–water partition coefficient (Wildman–Crippen LogP) is 3.85. The second-order valence-electron chi connectivity index (χ2n) is 6.40. The molecule has 0 unspecified atom stereocenters. The maximum Gasteiger partial charge on any atom is 0.264 e. The minimum absolute atomic E-state index is 0.147. The number of para-hydroxylation sites is 2. The Balaban J connectivity index is 2.00. The number of hydrogen-bond donors (Lipinski definition) is 0. The lowest BCUT2D eigenvalue weighted by Gasteiger charge is -2.27. The van der Waals surface area contributed by atoms with Gasteiger partial charge < -0.3 is 4.90 Å². The van der Waals surface area contributed by atoms with Gasteiger partial charge >= 0.3 is 0 Å². The molecule has 0 aromatic heterocycles. The first-order chi connectivity index (χ1) is 13.4. The SMILES string of the molecule is Cc1ccccc1N(CC(=O)N(C)c1ccccc1)S(=O)(=O)c1ccccc1. The average Bonchev–Trinajstić information content (AvgIpc) is 2.73. The van der Waals surface area contributed by atoms with Crippen molar-refractivity contribution in [3.05, 3.63) is 90.5 Å². The second-order valence-corrected chi connectivity index (χ2v) is 8.26. The summed E-state index contributed by atoms with van der Waals surface area (Å²) < 4.78 is 27.8. The molecule has 0 fully saturated rings. The van der Waals surface area contributed by atoms with Gasteiger partial charge in [-0.2, -0.15) is 0 Å². The van der Waals surface area contributed by atoms with Gasteiger partial charge in [0.05, 0.1) is 10.6 Å². The molecule has 0 atom stereocenters. The summed E-state index contributed by atoms with van der Waals surface area (Å²) in [5.41, 5.74) is 1.97. The summed E-state index contributed by atoms with van der Waals surface area (Å²) >= 11 is 0. The number of anilines is 2. The number of nitrogens with zero attached hydrogens (tertiary/aromatic N) is 2. The van der Waals surface area contributed by atoms with E-state index < -0.39 is 10.0 Å². The maximum atomic E-state index is 13.3. The zero-order valence-electron chi connectivity index (χ0n) is 15.8. The lowest BCUT2D eigenvalue weighted by atomic mass is 10.2. The molecule has 28 heavy (non-hydrogen) atoms. The fourth-order valence-corrected chi connectivity index (χ4v) is 4.39. The highest BCUT2D eigenvalue weighted by Crippen LogP contribution is 2.27. The summed E-state index contributed by atoms with van der Waals surface area (Å²) in [4.78, 5) is 14.5. The quantitative estimate of drug-likeness (QED) is 0.638. The third-order valence-electron chi connectivity index (χ3n) is 4.51. The summed E-state index contributed by atoms with van der Waals surface area (Å²) in [5.74, 6) is -0.325. The summed E-state index contributed by atoms with van der Waals surface area (Å²) in [5, 5.41) is 0. The topological polar surface area (TPSA) is 57.7 Å². The molecule has 0 spiro atoms. The molecule has 1 amide bonds. The van der Waals surface area contributed by atoms with Crippen LogP contribution in [0.3, 0.4) is 0 Å². The minimum Gasteiger partial charge on any atom is -0.314 e. The first-order valence-electron chi connectivity index (χ1n) is 8.86. The Hall–Kier alpha value is -3.12. The molecule has 3 rings (SSSR count). The van der Waals surface area contributed by atoms with Crippen molar-refractivity contribution in [2.24, 2.45) is 0 Å². The monoisotopic (exact) mass is 394 g/mol. The van der Waals surface area contributed by atoms with Crippen LogP contribution in [0.2, 0.25) is 0 Å². The van der Waals surface area contributed by atoms with Gasteiger partial charge in [-0.3, -0.25) is 9.10 Å². The van der Waals surface area contributed by atoms with Crippen molar-refractivity contribution in [3.63, 3.8) is 0 Å². The number of aryl methyl sites for hydroxylation is 1. The van der Waals surface area contributed by atoms with Crippen molar-refractivity contribution in [1.82, 2.24) is 0 Å². The van der Waals surface area contributed by atoms with E-state index in [0.717, 1.165) is 5.56 Å². The largest absolute Gasteiger partial charge is 0.314 e. The third-order valence-corrected chi connectivity index (χ3v) is 6.29. The molecule has 3 aromatic carbocycles. The van der Waals surface area contributed by atoms with Crippen molar-refractivity contribution >= 4 is 27.3 Å². The van der Waals surface area contributed by atoms with Crippen LogP contribution in [0, 0.1) is 6.92 Å². The summed E-state index contributed by atoms with van der Waals surface area (Å²) in [7, 11) is -2.26. The van der Waals surface area contributed by atoms with Crippen LogP contribution in [-0.4, -0.2) is 27.9 Å². The Morgan fingerprint density at radius 1 is 0.821 bits per heavy atom. The van der Waals surface area contributed by atoms with Crippen LogP contribution in [0.1, 0.15) is 5.56 Å². The highest BCUT2D eigenvalue weighted by molar-refractivity contribution is 7.92. The van der Waals surface area contributed by atoms with Crippen molar-refractivity contribution in [3.8, 4) is 0 Å². The Labute approximate surface area is 165 Å². The van der Waals surface area contributed by atoms with E-state index in [2.05, 4.69) is 0 Å². The summed E-state index contributed by atoms with van der Waals surface area (Å²) in [6.07, 6.45) is 0. The van der Waals surface area contributed by atoms with Gasteiger partial charge in [0, 0.05) is 12.7 Å². The molecule has 0 saturated heterocycles. The molecule has 144 valence electrons. The number of sulfonamides is 1. The number of amides is 1. The lowest BCUT2D eigenvalue weighted by molar-refractivity contribution is -0.116. The molecular formula is C22H22N2O3S. The highest BCUT2D eigenvalue weighted by atomic mass is 32.2. The number of benzene rings is 3. The van der Waals surface area contributed by atoms with E-state index >= 15 is 0 Å². The van der Waals surface area contributed by atoms with E-state index in [0.29, 0.717) is 11.4 Å². The molecule has 0 aliphatic carbocycles. The van der Waals surface area contributed by atoms with Gasteiger partial charge in [0.15, 0.2) is 0 Å². The molecule has 0 radical (unpaired) electrons. The van der Waals surface area contributed by atoms with Crippen molar-refractivity contribution in [1.29, 1.82) is 0 Å². The molecule has 0 saturated carbocycles. The maximum absolute atomic E-state index is 13.3. The van der Waals surface area contributed by atoms with Gasteiger partial charge in [0.25, 0.3) is 10.0 Å². The van der Waals surface area contributed by atoms with Gasteiger partial charge in [0.2, 0.25) is 5.91 Å². The van der Waals surface area contributed by atoms with Crippen LogP contribution in [0.15, 0.2) is 89.8 Å². The fraction of sp³-hybridized carbons (Fsp3) is 0.136. The van der Waals surface area contributed by atoms with Crippen LogP contribution in [0.25, 0.3) is 0 Å². The van der Waals surface area contributed by atoms with Crippen LogP contribution >= 0.6 is 0 Å². The van der Waals surface area contributed by atoms with Crippen molar-refractivity contribution < 1.29 is 13.2 Å². The molecular weight excluding hydrogens is 372 g/mol. The normalized spacial score (nSPS) is 11.1. The van der Waals surface area contributed by atoms with Crippen LogP contribution < -0.4 is 9.21 Å². The predicted molar refractivity (Wildman–Crippen MR) is 112 cm³/mol. The number of carbonyl (C=O) groups excluding carboxylic acids is 1. The van der Waals surface area contributed by atoms with Gasteiger partial charge in [0.1, 0.15) is 6.54 Å². The van der Waals surface area contributed by atoms with E-state index in [4.69, 9.17) is 0 Å². The molecule has 0 aliphatic rings. The molecule has 3 aromatic rings. The number of hydrogen-bond acceptors (Lipinski definition) is 3. The molecule has 0 bridgehead atoms. The van der Waals surface area contributed by atoms with E-state index in [9.17, 15) is 13.2 Å². The van der Waals surface area contributed by atoms with Gasteiger partial charge in [-0.25, -0.2) is 8.42 Å². The number of likely N-dealkylation sites (N-methyl/N-ethyl adjacent to an activating group) is 1. The Morgan fingerprint density at radius 2 is 1.36 bits per heavy atom. The number of rotatable bonds is 6. The lowest BCUT2D eigenvalue weighted by Crippen LogP contribution is -2.42. The Bertz CT molecular complexity index is 1050.